The van der Waals surface area contributed by atoms with E-state index in [-0.39, 0.29) is 0 Å². The highest BCUT2D eigenvalue weighted by molar-refractivity contribution is 5.57. The smallest absolute Gasteiger partial charge is 0.136 e. The molecule has 2 N–H and O–H groups in total. The fraction of sp³-hybridized carbons (Fsp3) is 0.364. The van der Waals surface area contributed by atoms with Crippen molar-refractivity contribution < 1.29 is 4.74 Å². The molecule has 0 saturated heterocycles. The van der Waals surface area contributed by atoms with Gasteiger partial charge in [0.25, 0.3) is 0 Å². The van der Waals surface area contributed by atoms with Crippen molar-refractivity contribution in [2.24, 2.45) is 0 Å². The lowest BCUT2D eigenvalue weighted by molar-refractivity contribution is 0.240. The minimum absolute atomic E-state index is 0.397. The summed E-state index contributed by atoms with van der Waals surface area (Å²) in [6.07, 6.45) is 0. The molecule has 0 spiro atoms. The second kappa shape index (κ2) is 4.64. The van der Waals surface area contributed by atoms with Crippen LogP contribution in [0.4, 0.5) is 5.69 Å². The van der Waals surface area contributed by atoms with Gasteiger partial charge in [0, 0.05) is 12.8 Å². The highest BCUT2D eigenvalue weighted by Crippen LogP contribution is 2.14. The summed E-state index contributed by atoms with van der Waals surface area (Å²) in [7, 11) is 1.60. The van der Waals surface area contributed by atoms with Gasteiger partial charge in [-0.05, 0) is 31.4 Å². The van der Waals surface area contributed by atoms with Crippen molar-refractivity contribution in [2.45, 2.75) is 13.8 Å². The first-order valence-electron chi connectivity index (χ1n) is 4.36. The number of nitrogens with zero attached hydrogens (tertiary/aromatic N) is 1. The van der Waals surface area contributed by atoms with Crippen molar-refractivity contribution in [3.63, 3.8) is 0 Å². The average molecular weight is 190 g/mol. The molecule has 0 aromatic carbocycles. The molecule has 74 valence electrons. The number of nitrogens with two attached hydrogens (primary N) is 1. The number of hydrogen-bond acceptors (Lipinski definition) is 3. The molecular formula is C11H14N2O. The Bertz CT molecular complexity index is 388. The zero-order valence-electron chi connectivity index (χ0n) is 8.72. The van der Waals surface area contributed by atoms with Crippen LogP contribution >= 0.6 is 0 Å². The van der Waals surface area contributed by atoms with E-state index in [0.717, 1.165) is 11.3 Å². The minimum Gasteiger partial charge on any atom is -0.396 e. The summed E-state index contributed by atoms with van der Waals surface area (Å²) >= 11 is 0. The normalized spacial score (nSPS) is 9.36. The van der Waals surface area contributed by atoms with Gasteiger partial charge in [0.15, 0.2) is 0 Å². The molecule has 0 amide bonds. The summed E-state index contributed by atoms with van der Waals surface area (Å²) in [6.45, 7) is 4.27. The predicted molar refractivity (Wildman–Crippen MR) is 56.9 cm³/mol. The number of aromatic nitrogens is 1. The molecule has 0 fully saturated rings. The van der Waals surface area contributed by atoms with Gasteiger partial charge in [-0.3, -0.25) is 0 Å². The van der Waals surface area contributed by atoms with Gasteiger partial charge in [-0.15, -0.1) is 0 Å². The van der Waals surface area contributed by atoms with Gasteiger partial charge >= 0.3 is 0 Å². The SMILES string of the molecule is COCC#Cc1nc(C)cc(C)c1N. The van der Waals surface area contributed by atoms with E-state index in [2.05, 4.69) is 16.8 Å². The quantitative estimate of drug-likeness (QED) is 0.678. The van der Waals surface area contributed by atoms with Crippen LogP contribution in [0, 0.1) is 25.7 Å². The molecule has 0 unspecified atom stereocenters. The third-order valence-electron chi connectivity index (χ3n) is 1.82. The summed E-state index contributed by atoms with van der Waals surface area (Å²) in [5.74, 6) is 5.72. The maximum absolute atomic E-state index is 5.83. The molecular weight excluding hydrogens is 176 g/mol. The number of nitrogen functional groups attached to an aromatic ring is 1. The Morgan fingerprint density at radius 1 is 1.50 bits per heavy atom. The average Bonchev–Trinajstić information content (AvgIpc) is 2.13. The molecule has 1 rings (SSSR count). The topological polar surface area (TPSA) is 48.1 Å². The van der Waals surface area contributed by atoms with Gasteiger partial charge in [0.1, 0.15) is 12.3 Å². The maximum Gasteiger partial charge on any atom is 0.136 e. The zero-order chi connectivity index (χ0) is 10.6. The van der Waals surface area contributed by atoms with Crippen molar-refractivity contribution in [1.29, 1.82) is 0 Å². The molecule has 0 aliphatic heterocycles. The van der Waals surface area contributed by atoms with Gasteiger partial charge in [0.2, 0.25) is 0 Å². The molecule has 0 aliphatic carbocycles. The van der Waals surface area contributed by atoms with Crippen molar-refractivity contribution >= 4 is 5.69 Å². The summed E-state index contributed by atoms with van der Waals surface area (Å²) in [6, 6.07) is 1.94. The van der Waals surface area contributed by atoms with Crippen LogP contribution in [0.5, 0.6) is 0 Å². The third kappa shape index (κ3) is 2.48. The van der Waals surface area contributed by atoms with E-state index < -0.39 is 0 Å². The van der Waals surface area contributed by atoms with Crippen LogP contribution in [-0.4, -0.2) is 18.7 Å². The van der Waals surface area contributed by atoms with E-state index in [4.69, 9.17) is 10.5 Å². The largest absolute Gasteiger partial charge is 0.396 e. The Kier molecular flexibility index (Phi) is 3.49. The number of anilines is 1. The molecule has 0 atom stereocenters. The lowest BCUT2D eigenvalue weighted by Gasteiger charge is -2.03. The summed E-state index contributed by atoms with van der Waals surface area (Å²) in [4.78, 5) is 4.25. The van der Waals surface area contributed by atoms with Crippen molar-refractivity contribution in [1.82, 2.24) is 4.98 Å². The number of aryl methyl sites for hydroxylation is 2. The Balaban J connectivity index is 3.04. The molecule has 0 saturated carbocycles. The van der Waals surface area contributed by atoms with Crippen molar-refractivity contribution in [2.75, 3.05) is 19.5 Å². The highest BCUT2D eigenvalue weighted by Gasteiger charge is 2.01. The molecule has 1 heterocycles. The number of pyridine rings is 1. The Morgan fingerprint density at radius 3 is 2.86 bits per heavy atom. The van der Waals surface area contributed by atoms with Crippen LogP contribution in [0.3, 0.4) is 0 Å². The molecule has 0 aliphatic rings. The molecule has 0 radical (unpaired) electrons. The maximum atomic E-state index is 5.83. The van der Waals surface area contributed by atoms with E-state index in [0.29, 0.717) is 18.0 Å². The third-order valence-corrected chi connectivity index (χ3v) is 1.82. The van der Waals surface area contributed by atoms with E-state index in [1.165, 1.54) is 0 Å². The standard InChI is InChI=1S/C11H14N2O/c1-8-7-9(2)13-10(11(8)12)5-4-6-14-3/h7H,6,12H2,1-3H3. The van der Waals surface area contributed by atoms with E-state index in [1.807, 2.05) is 19.9 Å². The first kappa shape index (κ1) is 10.6. The van der Waals surface area contributed by atoms with Crippen molar-refractivity contribution in [3.05, 3.63) is 23.0 Å². The Hall–Kier alpha value is -1.53. The van der Waals surface area contributed by atoms with Gasteiger partial charge < -0.3 is 10.5 Å². The molecule has 0 bridgehead atoms. The summed E-state index contributed by atoms with van der Waals surface area (Å²) in [5, 5.41) is 0. The van der Waals surface area contributed by atoms with Gasteiger partial charge in [-0.25, -0.2) is 4.98 Å². The van der Waals surface area contributed by atoms with Gasteiger partial charge in [-0.2, -0.15) is 0 Å². The number of methoxy groups -OCH3 is 1. The van der Waals surface area contributed by atoms with Crippen molar-refractivity contribution in [3.8, 4) is 11.8 Å². The van der Waals surface area contributed by atoms with Crippen LogP contribution in [0.25, 0.3) is 0 Å². The lowest BCUT2D eigenvalue weighted by atomic mass is 10.1. The summed E-state index contributed by atoms with van der Waals surface area (Å²) < 4.78 is 4.82. The molecule has 3 nitrogen and oxygen atoms in total. The summed E-state index contributed by atoms with van der Waals surface area (Å²) in [5.41, 5.74) is 9.06. The van der Waals surface area contributed by atoms with Crippen LogP contribution in [0.1, 0.15) is 17.0 Å². The number of ether oxygens (including phenoxy) is 1. The fourth-order valence-electron chi connectivity index (χ4n) is 1.13. The van der Waals surface area contributed by atoms with Crippen LogP contribution in [-0.2, 0) is 4.74 Å². The number of hydrogen-bond donors (Lipinski definition) is 1. The predicted octanol–water partition coefficient (Wildman–Crippen LogP) is 1.28. The molecule has 1 aromatic rings. The minimum atomic E-state index is 0.397. The molecule has 1 aromatic heterocycles. The number of rotatable bonds is 1. The van der Waals surface area contributed by atoms with Crippen LogP contribution in [0.15, 0.2) is 6.07 Å². The lowest BCUT2D eigenvalue weighted by Crippen LogP contribution is -1.99. The second-order valence-corrected chi connectivity index (χ2v) is 3.08. The first-order valence-corrected chi connectivity index (χ1v) is 4.36. The Labute approximate surface area is 84.3 Å². The fourth-order valence-corrected chi connectivity index (χ4v) is 1.13. The highest BCUT2D eigenvalue weighted by atomic mass is 16.5. The van der Waals surface area contributed by atoms with Crippen LogP contribution in [0.2, 0.25) is 0 Å². The van der Waals surface area contributed by atoms with Crippen LogP contribution < -0.4 is 5.73 Å². The van der Waals surface area contributed by atoms with E-state index in [9.17, 15) is 0 Å². The molecule has 14 heavy (non-hydrogen) atoms. The van der Waals surface area contributed by atoms with Gasteiger partial charge in [-0.1, -0.05) is 5.92 Å². The first-order chi connectivity index (χ1) is 6.65. The van der Waals surface area contributed by atoms with E-state index >= 15 is 0 Å². The molecule has 3 heteroatoms. The second-order valence-electron chi connectivity index (χ2n) is 3.08. The van der Waals surface area contributed by atoms with Gasteiger partial charge in [0.05, 0.1) is 5.69 Å². The van der Waals surface area contributed by atoms with E-state index in [1.54, 1.807) is 7.11 Å². The Morgan fingerprint density at radius 2 is 2.21 bits per heavy atom. The zero-order valence-corrected chi connectivity index (χ0v) is 8.72. The monoisotopic (exact) mass is 190 g/mol.